The van der Waals surface area contributed by atoms with Gasteiger partial charge in [-0.05, 0) is 30.9 Å². The molecule has 1 atom stereocenters. The molecule has 6 heteroatoms. The lowest BCUT2D eigenvalue weighted by Gasteiger charge is -2.51. The first kappa shape index (κ1) is 16.4. The Labute approximate surface area is 144 Å². The van der Waals surface area contributed by atoms with E-state index in [9.17, 15) is 0 Å². The summed E-state index contributed by atoms with van der Waals surface area (Å²) in [4.78, 5) is 9.54. The van der Waals surface area contributed by atoms with Gasteiger partial charge < -0.3 is 9.64 Å². The molecule has 0 amide bonds. The highest BCUT2D eigenvalue weighted by molar-refractivity contribution is 5.10. The molecule has 0 aromatic carbocycles. The Hall–Kier alpha value is -1.05. The van der Waals surface area contributed by atoms with Crippen molar-refractivity contribution >= 4 is 0 Å². The van der Waals surface area contributed by atoms with Gasteiger partial charge in [0, 0.05) is 63.2 Å². The quantitative estimate of drug-likeness (QED) is 0.843. The summed E-state index contributed by atoms with van der Waals surface area (Å²) < 4.78 is 5.90. The fourth-order valence-corrected chi connectivity index (χ4v) is 4.32. The molecule has 3 aliphatic heterocycles. The number of nitrogens with one attached hydrogen (secondary N) is 2. The molecule has 0 bridgehead atoms. The number of piperidine rings is 1. The molecule has 1 unspecified atom stereocenters. The molecule has 24 heavy (non-hydrogen) atoms. The number of hydrazine groups is 1. The van der Waals surface area contributed by atoms with Gasteiger partial charge in [0.05, 0.1) is 13.2 Å². The van der Waals surface area contributed by atoms with Crippen LogP contribution in [0.4, 0.5) is 0 Å². The standard InChI is InChI=1S/C18H29N5O/c1-2-16(12-19-6-1)13-23-10-11-24-15-18(23)4-8-22(9-5-18)14-17-3-7-20-21-17/h1-2,6,12,17,20-21H,3-5,7-11,13-15H2. The van der Waals surface area contributed by atoms with Crippen LogP contribution in [0.5, 0.6) is 0 Å². The van der Waals surface area contributed by atoms with Crippen LogP contribution in [0.1, 0.15) is 24.8 Å². The van der Waals surface area contributed by atoms with E-state index in [0.717, 1.165) is 39.4 Å². The number of hydrogen-bond donors (Lipinski definition) is 2. The number of rotatable bonds is 4. The lowest BCUT2D eigenvalue weighted by Crippen LogP contribution is -2.61. The van der Waals surface area contributed by atoms with Gasteiger partial charge in [-0.2, -0.15) is 0 Å². The Morgan fingerprint density at radius 3 is 2.96 bits per heavy atom. The second kappa shape index (κ2) is 7.45. The van der Waals surface area contributed by atoms with Crippen LogP contribution in [-0.4, -0.2) is 72.3 Å². The van der Waals surface area contributed by atoms with E-state index in [4.69, 9.17) is 4.74 Å². The zero-order valence-electron chi connectivity index (χ0n) is 14.4. The van der Waals surface area contributed by atoms with Crippen LogP contribution in [-0.2, 0) is 11.3 Å². The number of pyridine rings is 1. The lowest BCUT2D eigenvalue weighted by molar-refractivity contribution is -0.0992. The molecule has 3 fully saturated rings. The molecule has 0 saturated carbocycles. The highest BCUT2D eigenvalue weighted by Gasteiger charge is 2.42. The van der Waals surface area contributed by atoms with Gasteiger partial charge in [-0.15, -0.1) is 0 Å². The van der Waals surface area contributed by atoms with Crippen molar-refractivity contribution in [3.8, 4) is 0 Å². The number of nitrogens with zero attached hydrogens (tertiary/aromatic N) is 3. The number of ether oxygens (including phenoxy) is 1. The summed E-state index contributed by atoms with van der Waals surface area (Å²) in [7, 11) is 0. The molecule has 3 saturated heterocycles. The zero-order chi connectivity index (χ0) is 16.2. The molecule has 4 heterocycles. The van der Waals surface area contributed by atoms with Crippen molar-refractivity contribution in [3.63, 3.8) is 0 Å². The molecule has 1 aromatic heterocycles. The van der Waals surface area contributed by atoms with Gasteiger partial charge in [0.15, 0.2) is 0 Å². The number of morpholine rings is 1. The molecular formula is C18H29N5O. The van der Waals surface area contributed by atoms with E-state index in [1.54, 1.807) is 0 Å². The van der Waals surface area contributed by atoms with E-state index in [1.165, 1.54) is 37.9 Å². The summed E-state index contributed by atoms with van der Waals surface area (Å²) in [5.41, 5.74) is 8.15. The van der Waals surface area contributed by atoms with Gasteiger partial charge in [-0.25, -0.2) is 0 Å². The molecular weight excluding hydrogens is 302 g/mol. The van der Waals surface area contributed by atoms with E-state index in [0.29, 0.717) is 6.04 Å². The van der Waals surface area contributed by atoms with Gasteiger partial charge in [0.2, 0.25) is 0 Å². The normalized spacial score (nSPS) is 28.4. The summed E-state index contributed by atoms with van der Waals surface area (Å²) >= 11 is 0. The minimum Gasteiger partial charge on any atom is -0.378 e. The fourth-order valence-electron chi connectivity index (χ4n) is 4.32. The second-order valence-corrected chi connectivity index (χ2v) is 7.42. The Morgan fingerprint density at radius 2 is 2.21 bits per heavy atom. The predicted octanol–water partition coefficient (Wildman–Crippen LogP) is 0.615. The van der Waals surface area contributed by atoms with E-state index < -0.39 is 0 Å². The van der Waals surface area contributed by atoms with Gasteiger partial charge >= 0.3 is 0 Å². The Balaban J connectivity index is 1.37. The third-order valence-electron chi connectivity index (χ3n) is 5.83. The summed E-state index contributed by atoms with van der Waals surface area (Å²) in [5, 5.41) is 0. The zero-order valence-corrected chi connectivity index (χ0v) is 14.4. The number of aromatic nitrogens is 1. The van der Waals surface area contributed by atoms with E-state index in [2.05, 4.69) is 31.7 Å². The van der Waals surface area contributed by atoms with Crippen LogP contribution in [0.25, 0.3) is 0 Å². The monoisotopic (exact) mass is 331 g/mol. The van der Waals surface area contributed by atoms with Gasteiger partial charge in [-0.1, -0.05) is 6.07 Å². The Morgan fingerprint density at radius 1 is 1.29 bits per heavy atom. The van der Waals surface area contributed by atoms with Gasteiger partial charge in [-0.3, -0.25) is 20.7 Å². The molecule has 0 aliphatic carbocycles. The van der Waals surface area contributed by atoms with Crippen molar-refractivity contribution in [1.82, 2.24) is 25.6 Å². The summed E-state index contributed by atoms with van der Waals surface area (Å²) in [6.07, 6.45) is 7.48. The average Bonchev–Trinajstić information content (AvgIpc) is 3.13. The van der Waals surface area contributed by atoms with Crippen molar-refractivity contribution in [2.75, 3.05) is 45.9 Å². The average molecular weight is 331 g/mol. The molecule has 1 aromatic rings. The summed E-state index contributed by atoms with van der Waals surface area (Å²) in [6.45, 7) is 8.35. The van der Waals surface area contributed by atoms with Crippen LogP contribution < -0.4 is 10.9 Å². The SMILES string of the molecule is c1cncc(CN2CCOCC23CCN(CC2CCNN2)CC3)c1. The number of likely N-dealkylation sites (tertiary alicyclic amines) is 1. The van der Waals surface area contributed by atoms with Gasteiger partial charge in [0.1, 0.15) is 0 Å². The smallest absolute Gasteiger partial charge is 0.0652 e. The third kappa shape index (κ3) is 3.63. The van der Waals surface area contributed by atoms with Crippen molar-refractivity contribution < 1.29 is 4.74 Å². The van der Waals surface area contributed by atoms with E-state index >= 15 is 0 Å². The highest BCUT2D eigenvalue weighted by Crippen LogP contribution is 2.33. The van der Waals surface area contributed by atoms with Crippen molar-refractivity contribution in [1.29, 1.82) is 0 Å². The van der Waals surface area contributed by atoms with Crippen LogP contribution in [0.15, 0.2) is 24.5 Å². The molecule has 1 spiro atoms. The van der Waals surface area contributed by atoms with Crippen molar-refractivity contribution in [2.45, 2.75) is 37.4 Å². The topological polar surface area (TPSA) is 52.7 Å². The van der Waals surface area contributed by atoms with E-state index in [-0.39, 0.29) is 5.54 Å². The maximum absolute atomic E-state index is 5.90. The molecule has 4 rings (SSSR count). The molecule has 3 aliphatic rings. The maximum atomic E-state index is 5.90. The van der Waals surface area contributed by atoms with Crippen LogP contribution in [0.2, 0.25) is 0 Å². The van der Waals surface area contributed by atoms with Crippen LogP contribution in [0, 0.1) is 0 Å². The molecule has 2 N–H and O–H groups in total. The largest absolute Gasteiger partial charge is 0.378 e. The minimum absolute atomic E-state index is 0.214. The van der Waals surface area contributed by atoms with Crippen LogP contribution in [0.3, 0.4) is 0 Å². The predicted molar refractivity (Wildman–Crippen MR) is 93.4 cm³/mol. The molecule has 0 radical (unpaired) electrons. The number of hydrogen-bond acceptors (Lipinski definition) is 6. The second-order valence-electron chi connectivity index (χ2n) is 7.42. The fraction of sp³-hybridized carbons (Fsp3) is 0.722. The minimum atomic E-state index is 0.214. The molecule has 132 valence electrons. The first-order chi connectivity index (χ1) is 11.8. The summed E-state index contributed by atoms with van der Waals surface area (Å²) in [5.74, 6) is 0. The van der Waals surface area contributed by atoms with Crippen molar-refractivity contribution in [2.24, 2.45) is 0 Å². The first-order valence-corrected chi connectivity index (χ1v) is 9.27. The van der Waals surface area contributed by atoms with Gasteiger partial charge in [0.25, 0.3) is 0 Å². The van der Waals surface area contributed by atoms with E-state index in [1.807, 2.05) is 18.5 Å². The van der Waals surface area contributed by atoms with Crippen LogP contribution >= 0.6 is 0 Å². The molecule has 6 nitrogen and oxygen atoms in total. The highest BCUT2D eigenvalue weighted by atomic mass is 16.5. The maximum Gasteiger partial charge on any atom is 0.0652 e. The Bertz CT molecular complexity index is 511. The summed E-state index contributed by atoms with van der Waals surface area (Å²) in [6, 6.07) is 4.82. The lowest BCUT2D eigenvalue weighted by atomic mass is 9.85. The first-order valence-electron chi connectivity index (χ1n) is 9.27. The van der Waals surface area contributed by atoms with Crippen molar-refractivity contribution in [3.05, 3.63) is 30.1 Å². The Kier molecular flexibility index (Phi) is 5.10. The third-order valence-corrected chi connectivity index (χ3v) is 5.83.